The molecule has 18 heavy (non-hydrogen) atoms. The fourth-order valence-electron chi connectivity index (χ4n) is 1.74. The summed E-state index contributed by atoms with van der Waals surface area (Å²) >= 11 is 0. The normalized spacial score (nSPS) is 11.5. The molecule has 4 heteroatoms. The van der Waals surface area contributed by atoms with Crippen LogP contribution in [0.3, 0.4) is 0 Å². The molecule has 0 atom stereocenters. The largest absolute Gasteiger partial charge is 0.332 e. The standard InChI is InChI=1S/C14H16N2O2/c1-14(2,3)10-5-4-6-11(9-10)16-8-7-12(17)15-13(16)18/h4-9H,1-3H3,(H,15,17,18). The number of benzene rings is 1. The molecule has 0 bridgehead atoms. The molecular formula is C14H16N2O2. The lowest BCUT2D eigenvalue weighted by Crippen LogP contribution is -2.27. The van der Waals surface area contributed by atoms with Crippen LogP contribution in [0.25, 0.3) is 5.69 Å². The second kappa shape index (κ2) is 4.29. The molecular weight excluding hydrogens is 228 g/mol. The topological polar surface area (TPSA) is 54.9 Å². The number of rotatable bonds is 1. The second-order valence-corrected chi connectivity index (χ2v) is 5.28. The summed E-state index contributed by atoms with van der Waals surface area (Å²) in [6.45, 7) is 6.34. The minimum absolute atomic E-state index is 0.0157. The van der Waals surface area contributed by atoms with E-state index in [4.69, 9.17) is 0 Å². The van der Waals surface area contributed by atoms with Gasteiger partial charge in [0.15, 0.2) is 0 Å². The molecule has 4 nitrogen and oxygen atoms in total. The first-order chi connectivity index (χ1) is 8.38. The quantitative estimate of drug-likeness (QED) is 0.832. The van der Waals surface area contributed by atoms with Crippen LogP contribution in [0.2, 0.25) is 0 Å². The van der Waals surface area contributed by atoms with Crippen LogP contribution in [0, 0.1) is 0 Å². The van der Waals surface area contributed by atoms with Crippen molar-refractivity contribution < 1.29 is 0 Å². The third kappa shape index (κ3) is 2.42. The van der Waals surface area contributed by atoms with Crippen molar-refractivity contribution >= 4 is 0 Å². The van der Waals surface area contributed by atoms with E-state index in [1.807, 2.05) is 24.3 Å². The highest BCUT2D eigenvalue weighted by Gasteiger charge is 2.14. The van der Waals surface area contributed by atoms with E-state index in [1.165, 1.54) is 16.8 Å². The smallest absolute Gasteiger partial charge is 0.274 e. The van der Waals surface area contributed by atoms with E-state index in [9.17, 15) is 9.59 Å². The van der Waals surface area contributed by atoms with Gasteiger partial charge in [-0.25, -0.2) is 4.79 Å². The van der Waals surface area contributed by atoms with Crippen LogP contribution in [-0.4, -0.2) is 9.55 Å². The minimum atomic E-state index is -0.423. The van der Waals surface area contributed by atoms with Gasteiger partial charge in [0.2, 0.25) is 0 Å². The van der Waals surface area contributed by atoms with Gasteiger partial charge in [0.1, 0.15) is 0 Å². The molecule has 2 rings (SSSR count). The van der Waals surface area contributed by atoms with Gasteiger partial charge in [-0.3, -0.25) is 14.3 Å². The molecule has 0 aliphatic heterocycles. The van der Waals surface area contributed by atoms with Gasteiger partial charge >= 0.3 is 5.69 Å². The average molecular weight is 244 g/mol. The summed E-state index contributed by atoms with van der Waals surface area (Å²) in [5.74, 6) is 0. The number of hydrogen-bond donors (Lipinski definition) is 1. The van der Waals surface area contributed by atoms with Gasteiger partial charge in [-0.1, -0.05) is 32.9 Å². The summed E-state index contributed by atoms with van der Waals surface area (Å²) in [5.41, 5.74) is 1.10. The van der Waals surface area contributed by atoms with Gasteiger partial charge in [-0.15, -0.1) is 0 Å². The van der Waals surface area contributed by atoms with E-state index >= 15 is 0 Å². The van der Waals surface area contributed by atoms with Crippen molar-refractivity contribution in [3.05, 3.63) is 62.9 Å². The molecule has 0 amide bonds. The molecule has 0 saturated heterocycles. The van der Waals surface area contributed by atoms with E-state index in [0.717, 1.165) is 11.3 Å². The van der Waals surface area contributed by atoms with Crippen LogP contribution in [0.4, 0.5) is 0 Å². The Labute approximate surface area is 105 Å². The van der Waals surface area contributed by atoms with Crippen LogP contribution in [0.5, 0.6) is 0 Å². The Morgan fingerprint density at radius 1 is 1.11 bits per heavy atom. The van der Waals surface area contributed by atoms with Crippen molar-refractivity contribution in [2.45, 2.75) is 26.2 Å². The van der Waals surface area contributed by atoms with E-state index in [0.29, 0.717) is 0 Å². The molecule has 94 valence electrons. The number of nitrogens with zero attached hydrogens (tertiary/aromatic N) is 1. The summed E-state index contributed by atoms with van der Waals surface area (Å²) < 4.78 is 1.43. The third-order valence-corrected chi connectivity index (χ3v) is 2.81. The molecule has 0 fully saturated rings. The zero-order valence-electron chi connectivity index (χ0n) is 10.7. The Morgan fingerprint density at radius 3 is 2.44 bits per heavy atom. The van der Waals surface area contributed by atoms with Crippen molar-refractivity contribution in [3.63, 3.8) is 0 Å². The van der Waals surface area contributed by atoms with Gasteiger partial charge in [-0.05, 0) is 23.1 Å². The first-order valence-corrected chi connectivity index (χ1v) is 5.81. The maximum absolute atomic E-state index is 11.7. The number of hydrogen-bond acceptors (Lipinski definition) is 2. The maximum atomic E-state index is 11.7. The molecule has 1 aromatic carbocycles. The lowest BCUT2D eigenvalue weighted by molar-refractivity contribution is 0.589. The summed E-state index contributed by atoms with van der Waals surface area (Å²) in [7, 11) is 0. The average Bonchev–Trinajstić information content (AvgIpc) is 2.28. The molecule has 0 saturated carbocycles. The second-order valence-electron chi connectivity index (χ2n) is 5.28. The van der Waals surface area contributed by atoms with Crippen LogP contribution in [0.15, 0.2) is 46.1 Å². The summed E-state index contributed by atoms with van der Waals surface area (Å²) in [6.07, 6.45) is 1.49. The molecule has 0 aliphatic rings. The zero-order chi connectivity index (χ0) is 13.3. The van der Waals surface area contributed by atoms with Crippen molar-refractivity contribution in [1.29, 1.82) is 0 Å². The van der Waals surface area contributed by atoms with Crippen LogP contribution in [-0.2, 0) is 5.41 Å². The molecule has 2 aromatic rings. The van der Waals surface area contributed by atoms with Gasteiger partial charge in [0, 0.05) is 12.3 Å². The lowest BCUT2D eigenvalue weighted by atomic mass is 9.87. The summed E-state index contributed by atoms with van der Waals surface area (Å²) in [4.78, 5) is 25.0. The van der Waals surface area contributed by atoms with Gasteiger partial charge in [0.25, 0.3) is 5.56 Å². The summed E-state index contributed by atoms with van der Waals surface area (Å²) in [5, 5.41) is 0. The van der Waals surface area contributed by atoms with Gasteiger partial charge in [-0.2, -0.15) is 0 Å². The molecule has 0 unspecified atom stereocenters. The van der Waals surface area contributed by atoms with Gasteiger partial charge in [0.05, 0.1) is 5.69 Å². The Bertz CT molecular complexity index is 675. The number of H-pyrrole nitrogens is 1. The monoisotopic (exact) mass is 244 g/mol. The van der Waals surface area contributed by atoms with Crippen LogP contribution in [0.1, 0.15) is 26.3 Å². The maximum Gasteiger partial charge on any atom is 0.332 e. The fraction of sp³-hybridized carbons (Fsp3) is 0.286. The molecule has 1 N–H and O–H groups in total. The van der Waals surface area contributed by atoms with Crippen LogP contribution < -0.4 is 11.2 Å². The van der Waals surface area contributed by atoms with Gasteiger partial charge < -0.3 is 0 Å². The van der Waals surface area contributed by atoms with E-state index in [1.54, 1.807) is 0 Å². The van der Waals surface area contributed by atoms with Crippen molar-refractivity contribution in [1.82, 2.24) is 9.55 Å². The SMILES string of the molecule is CC(C)(C)c1cccc(-n2ccc(=O)[nH]c2=O)c1. The first kappa shape index (κ1) is 12.4. The highest BCUT2D eigenvalue weighted by Crippen LogP contribution is 2.23. The predicted octanol–water partition coefficient (Wildman–Crippen LogP) is 1.82. The Kier molecular flexibility index (Phi) is 2.95. The van der Waals surface area contributed by atoms with E-state index < -0.39 is 5.69 Å². The minimum Gasteiger partial charge on any atom is -0.274 e. The fourth-order valence-corrected chi connectivity index (χ4v) is 1.74. The number of aromatic nitrogens is 2. The zero-order valence-corrected chi connectivity index (χ0v) is 10.7. The lowest BCUT2D eigenvalue weighted by Gasteiger charge is -2.20. The molecule has 1 aromatic heterocycles. The molecule has 0 aliphatic carbocycles. The Balaban J connectivity index is 2.58. The van der Waals surface area contributed by atoms with Crippen molar-refractivity contribution in [2.75, 3.05) is 0 Å². The molecule has 0 spiro atoms. The number of nitrogens with one attached hydrogen (secondary N) is 1. The third-order valence-electron chi connectivity index (χ3n) is 2.81. The summed E-state index contributed by atoms with van der Waals surface area (Å²) in [6, 6.07) is 9.08. The predicted molar refractivity (Wildman–Crippen MR) is 71.4 cm³/mol. The molecule has 0 radical (unpaired) electrons. The van der Waals surface area contributed by atoms with E-state index in [2.05, 4.69) is 25.8 Å². The Hall–Kier alpha value is -2.10. The van der Waals surface area contributed by atoms with Crippen molar-refractivity contribution in [3.8, 4) is 5.69 Å². The van der Waals surface area contributed by atoms with Crippen molar-refractivity contribution in [2.24, 2.45) is 0 Å². The highest BCUT2D eigenvalue weighted by molar-refractivity contribution is 5.38. The number of aromatic amines is 1. The van der Waals surface area contributed by atoms with Crippen LogP contribution >= 0.6 is 0 Å². The Morgan fingerprint density at radius 2 is 1.83 bits per heavy atom. The van der Waals surface area contributed by atoms with E-state index in [-0.39, 0.29) is 11.0 Å². The first-order valence-electron chi connectivity index (χ1n) is 5.81. The highest BCUT2D eigenvalue weighted by atomic mass is 16.2. The molecule has 1 heterocycles.